The van der Waals surface area contributed by atoms with Gasteiger partial charge in [-0.05, 0) is 54.6 Å². The second-order valence-corrected chi connectivity index (χ2v) is 8.40. The Labute approximate surface area is 148 Å². The summed E-state index contributed by atoms with van der Waals surface area (Å²) in [5, 5.41) is 6.49. The first-order valence-electron chi connectivity index (χ1n) is 6.61. The average Bonchev–Trinajstić information content (AvgIpc) is 2.79. The molecule has 1 aromatic carbocycles. The van der Waals surface area contributed by atoms with Crippen LogP contribution in [0, 0.1) is 17.4 Å². The van der Waals surface area contributed by atoms with Crippen molar-refractivity contribution in [3.05, 3.63) is 38.8 Å². The van der Waals surface area contributed by atoms with Gasteiger partial charge in [0.15, 0.2) is 5.76 Å². The number of carbonyl (C=O) groups is 1. The molecule has 0 atom stereocenters. The number of aromatic nitrogens is 1. The molecule has 1 heterocycles. The van der Waals surface area contributed by atoms with E-state index < -0.39 is 15.9 Å². The van der Waals surface area contributed by atoms with Crippen LogP contribution in [0.15, 0.2) is 27.6 Å². The van der Waals surface area contributed by atoms with Gasteiger partial charge in [-0.1, -0.05) is 5.16 Å². The maximum Gasteiger partial charge on any atom is 0.256 e. The normalized spacial score (nSPS) is 11.7. The number of nitrogens with one attached hydrogen (secondary N) is 1. The van der Waals surface area contributed by atoms with Gasteiger partial charge in [0.2, 0.25) is 10.0 Å². The number of hydrogen-bond acceptors (Lipinski definition) is 5. The highest BCUT2D eigenvalue weighted by Crippen LogP contribution is 2.23. The van der Waals surface area contributed by atoms with Crippen molar-refractivity contribution < 1.29 is 17.7 Å². The molecule has 124 valence electrons. The van der Waals surface area contributed by atoms with Crippen LogP contribution in [0.2, 0.25) is 0 Å². The lowest BCUT2D eigenvalue weighted by atomic mass is 10.2. The minimum atomic E-state index is -3.61. The highest BCUT2D eigenvalue weighted by molar-refractivity contribution is 14.1. The number of nitrogens with zero attached hydrogens (tertiary/aromatic N) is 2. The van der Waals surface area contributed by atoms with E-state index in [1.165, 1.54) is 26.2 Å². The molecule has 0 bridgehead atoms. The van der Waals surface area contributed by atoms with Crippen molar-refractivity contribution in [1.29, 1.82) is 0 Å². The zero-order valence-electron chi connectivity index (χ0n) is 13.0. The first-order valence-corrected chi connectivity index (χ1v) is 9.12. The molecule has 0 saturated heterocycles. The van der Waals surface area contributed by atoms with Crippen molar-refractivity contribution >= 4 is 44.2 Å². The van der Waals surface area contributed by atoms with Gasteiger partial charge in [-0.15, -0.1) is 0 Å². The fourth-order valence-corrected chi connectivity index (χ4v) is 3.40. The van der Waals surface area contributed by atoms with Crippen LogP contribution in [-0.4, -0.2) is 37.9 Å². The van der Waals surface area contributed by atoms with Crippen LogP contribution in [-0.2, 0) is 10.0 Å². The van der Waals surface area contributed by atoms with Gasteiger partial charge < -0.3 is 9.84 Å². The van der Waals surface area contributed by atoms with Crippen LogP contribution in [0.5, 0.6) is 0 Å². The second-order valence-electron chi connectivity index (χ2n) is 5.08. The van der Waals surface area contributed by atoms with E-state index in [0.29, 0.717) is 20.7 Å². The topological polar surface area (TPSA) is 92.5 Å². The zero-order chi connectivity index (χ0) is 17.4. The van der Waals surface area contributed by atoms with Crippen LogP contribution in [0.4, 0.5) is 5.69 Å². The lowest BCUT2D eigenvalue weighted by Crippen LogP contribution is -2.23. The minimum absolute atomic E-state index is 0.0619. The molecule has 0 aliphatic heterocycles. The molecule has 0 fully saturated rings. The molecule has 1 aromatic heterocycles. The van der Waals surface area contributed by atoms with E-state index in [9.17, 15) is 13.2 Å². The molecule has 1 amide bonds. The molecule has 2 rings (SSSR count). The Balaban J connectivity index is 2.42. The van der Waals surface area contributed by atoms with E-state index in [-0.39, 0.29) is 10.5 Å². The lowest BCUT2D eigenvalue weighted by molar-refractivity contribution is 0.102. The third-order valence-corrected chi connectivity index (χ3v) is 5.98. The molecule has 23 heavy (non-hydrogen) atoms. The molecule has 9 heteroatoms. The summed E-state index contributed by atoms with van der Waals surface area (Å²) >= 11 is 1.99. The third-order valence-electron chi connectivity index (χ3n) is 3.23. The van der Waals surface area contributed by atoms with Crippen LogP contribution < -0.4 is 5.32 Å². The predicted octanol–water partition coefficient (Wildman–Crippen LogP) is 2.40. The Morgan fingerprint density at radius 2 is 1.96 bits per heavy atom. The van der Waals surface area contributed by atoms with Crippen molar-refractivity contribution in [2.45, 2.75) is 18.7 Å². The average molecular weight is 449 g/mol. The summed E-state index contributed by atoms with van der Waals surface area (Å²) < 4.78 is 31.2. The summed E-state index contributed by atoms with van der Waals surface area (Å²) in [6.07, 6.45) is 0. The van der Waals surface area contributed by atoms with Crippen molar-refractivity contribution in [2.24, 2.45) is 0 Å². The molecule has 0 unspecified atom stereocenters. The summed E-state index contributed by atoms with van der Waals surface area (Å²) in [7, 11) is -0.726. The highest BCUT2D eigenvalue weighted by atomic mass is 127. The Morgan fingerprint density at radius 3 is 2.48 bits per heavy atom. The Hall–Kier alpha value is -1.46. The van der Waals surface area contributed by atoms with E-state index in [4.69, 9.17) is 4.52 Å². The third kappa shape index (κ3) is 3.56. The lowest BCUT2D eigenvalue weighted by Gasteiger charge is -2.13. The van der Waals surface area contributed by atoms with Crippen LogP contribution >= 0.6 is 22.6 Å². The van der Waals surface area contributed by atoms with Crippen molar-refractivity contribution in [3.8, 4) is 0 Å². The number of sulfonamides is 1. The predicted molar refractivity (Wildman–Crippen MR) is 94.0 cm³/mol. The molecule has 0 aliphatic rings. The zero-order valence-corrected chi connectivity index (χ0v) is 16.0. The molecule has 2 aromatic rings. The fraction of sp³-hybridized carbons (Fsp3) is 0.286. The van der Waals surface area contributed by atoms with E-state index in [0.717, 1.165) is 4.31 Å². The number of halogens is 1. The van der Waals surface area contributed by atoms with E-state index in [2.05, 4.69) is 10.5 Å². The van der Waals surface area contributed by atoms with Gasteiger partial charge in [-0.25, -0.2) is 12.7 Å². The smallest absolute Gasteiger partial charge is 0.256 e. The SMILES string of the molecule is Cc1noc(C)c1NC(=O)c1cc(S(=O)(=O)N(C)C)ccc1I. The van der Waals surface area contributed by atoms with Gasteiger partial charge in [-0.2, -0.15) is 0 Å². The van der Waals surface area contributed by atoms with E-state index in [1.807, 2.05) is 22.6 Å². The minimum Gasteiger partial charge on any atom is -0.359 e. The largest absolute Gasteiger partial charge is 0.359 e. The fourth-order valence-electron chi connectivity index (χ4n) is 1.89. The number of hydrogen-bond donors (Lipinski definition) is 1. The van der Waals surface area contributed by atoms with Gasteiger partial charge >= 0.3 is 0 Å². The van der Waals surface area contributed by atoms with Crippen molar-refractivity contribution in [1.82, 2.24) is 9.46 Å². The van der Waals surface area contributed by atoms with Crippen LogP contribution in [0.25, 0.3) is 0 Å². The Morgan fingerprint density at radius 1 is 1.30 bits per heavy atom. The molecular weight excluding hydrogens is 433 g/mol. The van der Waals surface area contributed by atoms with Crippen LogP contribution in [0.3, 0.4) is 0 Å². The van der Waals surface area contributed by atoms with Crippen molar-refractivity contribution in [3.63, 3.8) is 0 Å². The van der Waals surface area contributed by atoms with Gasteiger partial charge in [0.25, 0.3) is 5.91 Å². The summed E-state index contributed by atoms with van der Waals surface area (Å²) in [5.74, 6) is 0.0718. The van der Waals surface area contributed by atoms with Gasteiger partial charge in [0.1, 0.15) is 11.4 Å². The number of rotatable bonds is 4. The molecule has 0 aliphatic carbocycles. The second kappa shape index (κ2) is 6.57. The maximum absolute atomic E-state index is 12.5. The summed E-state index contributed by atoms with van der Waals surface area (Å²) in [6, 6.07) is 4.44. The molecule has 7 nitrogen and oxygen atoms in total. The summed E-state index contributed by atoms with van der Waals surface area (Å²) in [6.45, 7) is 3.40. The molecule has 0 saturated carbocycles. The first kappa shape index (κ1) is 17.9. The quantitative estimate of drug-likeness (QED) is 0.724. The number of anilines is 1. The Kier molecular flexibility index (Phi) is 5.11. The highest BCUT2D eigenvalue weighted by Gasteiger charge is 2.21. The van der Waals surface area contributed by atoms with Gasteiger partial charge in [0.05, 0.1) is 10.5 Å². The monoisotopic (exact) mass is 449 g/mol. The van der Waals surface area contributed by atoms with Gasteiger partial charge in [0, 0.05) is 17.7 Å². The number of aryl methyl sites for hydroxylation is 2. The van der Waals surface area contributed by atoms with Crippen molar-refractivity contribution in [2.75, 3.05) is 19.4 Å². The molecule has 1 N–H and O–H groups in total. The number of carbonyl (C=O) groups excluding carboxylic acids is 1. The maximum atomic E-state index is 12.5. The van der Waals surface area contributed by atoms with E-state index in [1.54, 1.807) is 19.9 Å². The number of benzene rings is 1. The summed E-state index contributed by atoms with van der Waals surface area (Å²) in [5.41, 5.74) is 1.32. The number of amides is 1. The van der Waals surface area contributed by atoms with E-state index >= 15 is 0 Å². The van der Waals surface area contributed by atoms with Gasteiger partial charge in [-0.3, -0.25) is 4.79 Å². The standard InChI is InChI=1S/C14H16IN3O4S/c1-8-13(9(2)22-17-8)16-14(19)11-7-10(5-6-12(11)15)23(20,21)18(3)4/h5-7H,1-4H3,(H,16,19). The molecular formula is C14H16IN3O4S. The molecule has 0 radical (unpaired) electrons. The first-order chi connectivity index (χ1) is 10.6. The summed E-state index contributed by atoms with van der Waals surface area (Å²) in [4.78, 5) is 12.6. The molecule has 0 spiro atoms. The van der Waals surface area contributed by atoms with Crippen LogP contribution in [0.1, 0.15) is 21.8 Å². The Bertz CT molecular complexity index is 839.